The molecule has 1 aromatic rings. The summed E-state index contributed by atoms with van der Waals surface area (Å²) in [6.45, 7) is 2.45. The van der Waals surface area contributed by atoms with Crippen LogP contribution in [0.2, 0.25) is 0 Å². The SMILES string of the molecule is Cc1cccnc1CC(=O)N(CCO)C1CCCCC1. The van der Waals surface area contributed by atoms with Gasteiger partial charge < -0.3 is 10.0 Å². The van der Waals surface area contributed by atoms with Gasteiger partial charge in [-0.05, 0) is 31.4 Å². The van der Waals surface area contributed by atoms with E-state index in [4.69, 9.17) is 0 Å². The second kappa shape index (κ2) is 7.39. The zero-order chi connectivity index (χ0) is 14.4. The van der Waals surface area contributed by atoms with E-state index in [-0.39, 0.29) is 12.5 Å². The van der Waals surface area contributed by atoms with Crippen LogP contribution >= 0.6 is 0 Å². The number of rotatable bonds is 5. The topological polar surface area (TPSA) is 53.4 Å². The summed E-state index contributed by atoms with van der Waals surface area (Å²) in [5.74, 6) is 0.0905. The molecule has 0 unspecified atom stereocenters. The maximum Gasteiger partial charge on any atom is 0.228 e. The van der Waals surface area contributed by atoms with E-state index in [2.05, 4.69) is 4.98 Å². The van der Waals surface area contributed by atoms with Crippen LogP contribution in [0.15, 0.2) is 18.3 Å². The Labute approximate surface area is 120 Å². The Morgan fingerprint density at radius 2 is 2.15 bits per heavy atom. The Morgan fingerprint density at radius 3 is 2.80 bits per heavy atom. The molecule has 1 heterocycles. The number of aliphatic hydroxyl groups is 1. The number of hydrogen-bond acceptors (Lipinski definition) is 3. The smallest absolute Gasteiger partial charge is 0.228 e. The molecule has 20 heavy (non-hydrogen) atoms. The molecule has 1 saturated carbocycles. The molecule has 0 bridgehead atoms. The number of amides is 1. The molecule has 0 aromatic carbocycles. The quantitative estimate of drug-likeness (QED) is 0.896. The third-order valence-corrected chi connectivity index (χ3v) is 4.11. The Bertz CT molecular complexity index is 442. The predicted molar refractivity (Wildman–Crippen MR) is 78.3 cm³/mol. The number of hydrogen-bond donors (Lipinski definition) is 1. The van der Waals surface area contributed by atoms with Crippen LogP contribution in [-0.2, 0) is 11.2 Å². The minimum absolute atomic E-state index is 0.0312. The fraction of sp³-hybridized carbons (Fsp3) is 0.625. The average Bonchev–Trinajstić information content (AvgIpc) is 2.48. The lowest BCUT2D eigenvalue weighted by molar-refractivity contribution is -0.134. The largest absolute Gasteiger partial charge is 0.395 e. The summed E-state index contributed by atoms with van der Waals surface area (Å²) in [6, 6.07) is 4.16. The molecule has 0 saturated heterocycles. The minimum atomic E-state index is 0.0312. The van der Waals surface area contributed by atoms with E-state index >= 15 is 0 Å². The van der Waals surface area contributed by atoms with Gasteiger partial charge in [0, 0.05) is 18.8 Å². The number of carbonyl (C=O) groups is 1. The van der Waals surface area contributed by atoms with Crippen molar-refractivity contribution in [1.82, 2.24) is 9.88 Å². The monoisotopic (exact) mass is 276 g/mol. The van der Waals surface area contributed by atoms with Gasteiger partial charge in [0.15, 0.2) is 0 Å². The summed E-state index contributed by atoms with van der Waals surface area (Å²) in [7, 11) is 0. The molecule has 1 aromatic heterocycles. The standard InChI is InChI=1S/C16H24N2O2/c1-13-6-5-9-17-15(13)12-16(20)18(10-11-19)14-7-3-2-4-8-14/h5-6,9,14,19H,2-4,7-8,10-12H2,1H3. The summed E-state index contributed by atoms with van der Waals surface area (Å²) >= 11 is 0. The Morgan fingerprint density at radius 1 is 1.40 bits per heavy atom. The molecule has 2 rings (SSSR count). The van der Waals surface area contributed by atoms with Gasteiger partial charge in [-0.3, -0.25) is 9.78 Å². The van der Waals surface area contributed by atoms with Gasteiger partial charge in [0.1, 0.15) is 0 Å². The lowest BCUT2D eigenvalue weighted by atomic mass is 9.94. The molecular weight excluding hydrogens is 252 g/mol. The van der Waals surface area contributed by atoms with Crippen molar-refractivity contribution in [2.75, 3.05) is 13.2 Å². The first-order valence-corrected chi connectivity index (χ1v) is 7.53. The van der Waals surface area contributed by atoms with Crippen LogP contribution in [0, 0.1) is 6.92 Å². The van der Waals surface area contributed by atoms with Gasteiger partial charge in [-0.2, -0.15) is 0 Å². The third-order valence-electron chi connectivity index (χ3n) is 4.11. The van der Waals surface area contributed by atoms with Crippen molar-refractivity contribution in [1.29, 1.82) is 0 Å². The highest BCUT2D eigenvalue weighted by atomic mass is 16.3. The molecule has 0 aliphatic heterocycles. The van der Waals surface area contributed by atoms with E-state index in [1.54, 1.807) is 6.20 Å². The van der Waals surface area contributed by atoms with Crippen LogP contribution in [0.4, 0.5) is 0 Å². The first kappa shape index (κ1) is 15.0. The molecule has 0 radical (unpaired) electrons. The molecule has 0 spiro atoms. The van der Waals surface area contributed by atoms with Crippen molar-refractivity contribution in [2.45, 2.75) is 51.5 Å². The average molecular weight is 276 g/mol. The van der Waals surface area contributed by atoms with Crippen LogP contribution in [-0.4, -0.2) is 40.1 Å². The molecule has 1 fully saturated rings. The van der Waals surface area contributed by atoms with Gasteiger partial charge in [-0.15, -0.1) is 0 Å². The summed E-state index contributed by atoms with van der Waals surface area (Å²) in [6.07, 6.45) is 7.82. The molecule has 1 N–H and O–H groups in total. The maximum absolute atomic E-state index is 12.5. The molecule has 1 aliphatic carbocycles. The Kier molecular flexibility index (Phi) is 5.53. The van der Waals surface area contributed by atoms with Crippen LogP contribution < -0.4 is 0 Å². The van der Waals surface area contributed by atoms with Crippen molar-refractivity contribution in [2.24, 2.45) is 0 Å². The summed E-state index contributed by atoms with van der Waals surface area (Å²) < 4.78 is 0. The van der Waals surface area contributed by atoms with E-state index in [9.17, 15) is 9.90 Å². The molecular formula is C16H24N2O2. The fourth-order valence-corrected chi connectivity index (χ4v) is 2.96. The number of carbonyl (C=O) groups excluding carboxylic acids is 1. The van der Waals surface area contributed by atoms with Crippen LogP contribution in [0.3, 0.4) is 0 Å². The Hall–Kier alpha value is -1.42. The first-order chi connectivity index (χ1) is 9.72. The molecule has 1 aliphatic rings. The molecule has 4 nitrogen and oxygen atoms in total. The summed E-state index contributed by atoms with van der Waals surface area (Å²) in [5.41, 5.74) is 1.89. The van der Waals surface area contributed by atoms with Gasteiger partial charge in [0.2, 0.25) is 5.91 Å². The molecule has 110 valence electrons. The molecule has 0 atom stereocenters. The van der Waals surface area contributed by atoms with Gasteiger partial charge in [-0.25, -0.2) is 0 Å². The van der Waals surface area contributed by atoms with Crippen molar-refractivity contribution in [3.05, 3.63) is 29.6 Å². The van der Waals surface area contributed by atoms with Crippen molar-refractivity contribution in [3.8, 4) is 0 Å². The minimum Gasteiger partial charge on any atom is -0.395 e. The lowest BCUT2D eigenvalue weighted by Gasteiger charge is -2.34. The highest BCUT2D eigenvalue weighted by Crippen LogP contribution is 2.23. The number of nitrogens with zero attached hydrogens (tertiary/aromatic N) is 2. The molecule has 4 heteroatoms. The van der Waals surface area contributed by atoms with Crippen molar-refractivity contribution in [3.63, 3.8) is 0 Å². The maximum atomic E-state index is 12.5. The van der Waals surface area contributed by atoms with Crippen LogP contribution in [0.1, 0.15) is 43.4 Å². The van der Waals surface area contributed by atoms with Crippen molar-refractivity contribution >= 4 is 5.91 Å². The highest BCUT2D eigenvalue weighted by Gasteiger charge is 2.25. The predicted octanol–water partition coefficient (Wildman–Crippen LogP) is 2.09. The zero-order valence-electron chi connectivity index (χ0n) is 12.2. The highest BCUT2D eigenvalue weighted by molar-refractivity contribution is 5.79. The van der Waals surface area contributed by atoms with E-state index in [1.807, 2.05) is 24.0 Å². The zero-order valence-corrected chi connectivity index (χ0v) is 12.2. The van der Waals surface area contributed by atoms with Gasteiger partial charge in [0.25, 0.3) is 0 Å². The number of aliphatic hydroxyl groups excluding tert-OH is 1. The molecule has 1 amide bonds. The van der Waals surface area contributed by atoms with E-state index < -0.39 is 0 Å². The van der Waals surface area contributed by atoms with Gasteiger partial charge >= 0.3 is 0 Å². The number of pyridine rings is 1. The third kappa shape index (κ3) is 3.79. The Balaban J connectivity index is 2.04. The van der Waals surface area contributed by atoms with E-state index in [0.29, 0.717) is 19.0 Å². The second-order valence-corrected chi connectivity index (χ2v) is 5.55. The summed E-state index contributed by atoms with van der Waals surface area (Å²) in [5, 5.41) is 9.23. The van der Waals surface area contributed by atoms with Crippen LogP contribution in [0.25, 0.3) is 0 Å². The lowest BCUT2D eigenvalue weighted by Crippen LogP contribution is -2.44. The normalized spacial score (nSPS) is 16.1. The van der Waals surface area contributed by atoms with Crippen LogP contribution in [0.5, 0.6) is 0 Å². The number of aryl methyl sites for hydroxylation is 1. The van der Waals surface area contributed by atoms with E-state index in [0.717, 1.165) is 24.1 Å². The first-order valence-electron chi connectivity index (χ1n) is 7.53. The van der Waals surface area contributed by atoms with Gasteiger partial charge in [-0.1, -0.05) is 25.3 Å². The number of aromatic nitrogens is 1. The van der Waals surface area contributed by atoms with Crippen molar-refractivity contribution < 1.29 is 9.90 Å². The summed E-state index contributed by atoms with van der Waals surface area (Å²) in [4.78, 5) is 18.7. The fourth-order valence-electron chi connectivity index (χ4n) is 2.96. The second-order valence-electron chi connectivity index (χ2n) is 5.55. The van der Waals surface area contributed by atoms with Gasteiger partial charge in [0.05, 0.1) is 18.7 Å². The van der Waals surface area contributed by atoms with E-state index in [1.165, 1.54) is 19.3 Å².